The Bertz CT molecular complexity index is 453. The Morgan fingerprint density at radius 2 is 0.906 bits per heavy atom. The lowest BCUT2D eigenvalue weighted by molar-refractivity contribution is -0.109. The molecule has 0 heterocycles. The van der Waals surface area contributed by atoms with E-state index in [0.717, 1.165) is 36.5 Å². The standard InChI is InChI=1S/C22H40O7S3/c1-5-26-15-22(16-27-9-6-12-30-19(2)23,17-28-10-7-13-31-20(3)24)18-29-11-8-14-32-21(4)25/h5-18H2,1-4H3. The predicted octanol–water partition coefficient (Wildman–Crippen LogP) is 4.07. The molecule has 0 saturated heterocycles. The van der Waals surface area contributed by atoms with Gasteiger partial charge in [0.05, 0.1) is 31.8 Å². The van der Waals surface area contributed by atoms with Crippen molar-refractivity contribution in [2.24, 2.45) is 5.41 Å². The fourth-order valence-corrected chi connectivity index (χ4v) is 4.21. The van der Waals surface area contributed by atoms with Crippen LogP contribution in [0.25, 0.3) is 0 Å². The van der Waals surface area contributed by atoms with Gasteiger partial charge in [0.15, 0.2) is 15.3 Å². The van der Waals surface area contributed by atoms with E-state index >= 15 is 0 Å². The second-order valence-corrected chi connectivity index (χ2v) is 11.2. The van der Waals surface area contributed by atoms with Crippen LogP contribution in [0.5, 0.6) is 0 Å². The first kappa shape index (κ1) is 31.9. The summed E-state index contributed by atoms with van der Waals surface area (Å²) < 4.78 is 23.5. The number of hydrogen-bond donors (Lipinski definition) is 0. The van der Waals surface area contributed by atoms with Crippen LogP contribution in [0.2, 0.25) is 0 Å². The highest BCUT2D eigenvalue weighted by molar-refractivity contribution is 8.14. The van der Waals surface area contributed by atoms with E-state index < -0.39 is 5.41 Å². The zero-order valence-electron chi connectivity index (χ0n) is 20.0. The van der Waals surface area contributed by atoms with Crippen LogP contribution in [0.15, 0.2) is 0 Å². The third-order valence-corrected chi connectivity index (χ3v) is 6.75. The van der Waals surface area contributed by atoms with Gasteiger partial charge in [0.2, 0.25) is 0 Å². The molecule has 10 heteroatoms. The highest BCUT2D eigenvalue weighted by Crippen LogP contribution is 2.22. The monoisotopic (exact) mass is 512 g/mol. The van der Waals surface area contributed by atoms with Gasteiger partial charge >= 0.3 is 0 Å². The van der Waals surface area contributed by atoms with E-state index in [9.17, 15) is 14.4 Å². The van der Waals surface area contributed by atoms with Crippen LogP contribution in [0.1, 0.15) is 47.0 Å². The quantitative estimate of drug-likeness (QED) is 0.210. The summed E-state index contributed by atoms with van der Waals surface area (Å²) in [6.45, 7) is 10.6. The number of rotatable bonds is 21. The smallest absolute Gasteiger partial charge is 0.185 e. The summed E-state index contributed by atoms with van der Waals surface area (Å²) in [5, 5.41) is 0.343. The first-order chi connectivity index (χ1) is 15.3. The molecule has 0 saturated carbocycles. The van der Waals surface area contributed by atoms with E-state index in [4.69, 9.17) is 18.9 Å². The van der Waals surface area contributed by atoms with Crippen molar-refractivity contribution in [3.63, 3.8) is 0 Å². The largest absolute Gasteiger partial charge is 0.381 e. The average molecular weight is 513 g/mol. The molecule has 32 heavy (non-hydrogen) atoms. The van der Waals surface area contributed by atoms with Gasteiger partial charge in [0, 0.05) is 64.5 Å². The second kappa shape index (κ2) is 21.4. The van der Waals surface area contributed by atoms with Gasteiger partial charge in [-0.25, -0.2) is 0 Å². The molecule has 0 aromatic carbocycles. The third-order valence-electron chi connectivity index (χ3n) is 4.05. The molecule has 0 N–H and O–H groups in total. The first-order valence-electron chi connectivity index (χ1n) is 11.0. The Kier molecular flexibility index (Phi) is 21.4. The van der Waals surface area contributed by atoms with Gasteiger partial charge in [-0.3, -0.25) is 14.4 Å². The fraction of sp³-hybridized carbons (Fsp3) is 0.864. The maximum atomic E-state index is 11.0. The van der Waals surface area contributed by atoms with Crippen molar-refractivity contribution in [2.75, 3.05) is 70.1 Å². The van der Waals surface area contributed by atoms with Crippen molar-refractivity contribution in [3.05, 3.63) is 0 Å². The number of ether oxygens (including phenoxy) is 4. The topological polar surface area (TPSA) is 88.1 Å². The van der Waals surface area contributed by atoms with Crippen LogP contribution in [0.3, 0.4) is 0 Å². The van der Waals surface area contributed by atoms with Crippen molar-refractivity contribution in [1.29, 1.82) is 0 Å². The van der Waals surface area contributed by atoms with Crippen molar-refractivity contribution in [3.8, 4) is 0 Å². The highest BCUT2D eigenvalue weighted by Gasteiger charge is 2.32. The first-order valence-corrected chi connectivity index (χ1v) is 14.0. The summed E-state index contributed by atoms with van der Waals surface area (Å²) in [7, 11) is 0. The Morgan fingerprint density at radius 1 is 0.594 bits per heavy atom. The number of carbonyl (C=O) groups excluding carboxylic acids is 3. The van der Waals surface area contributed by atoms with Crippen LogP contribution >= 0.6 is 35.3 Å². The molecule has 0 fully saturated rings. The summed E-state index contributed by atoms with van der Waals surface area (Å²) in [6, 6.07) is 0. The van der Waals surface area contributed by atoms with Gasteiger partial charge in [-0.2, -0.15) is 0 Å². The van der Waals surface area contributed by atoms with Crippen LogP contribution < -0.4 is 0 Å². The van der Waals surface area contributed by atoms with Crippen LogP contribution in [0, 0.1) is 5.41 Å². The van der Waals surface area contributed by atoms with Crippen LogP contribution in [-0.2, 0) is 33.3 Å². The lowest BCUT2D eigenvalue weighted by atomic mass is 9.92. The van der Waals surface area contributed by atoms with E-state index in [1.165, 1.54) is 35.3 Å². The lowest BCUT2D eigenvalue weighted by Crippen LogP contribution is -2.42. The zero-order valence-corrected chi connectivity index (χ0v) is 22.4. The fourth-order valence-electron chi connectivity index (χ4n) is 2.57. The molecule has 188 valence electrons. The maximum absolute atomic E-state index is 11.0. The van der Waals surface area contributed by atoms with Gasteiger partial charge < -0.3 is 18.9 Å². The minimum Gasteiger partial charge on any atom is -0.381 e. The van der Waals surface area contributed by atoms with E-state index in [1.54, 1.807) is 20.8 Å². The summed E-state index contributed by atoms with van der Waals surface area (Å²) >= 11 is 3.92. The Labute approximate surface area is 206 Å². The zero-order chi connectivity index (χ0) is 24.1. The van der Waals surface area contributed by atoms with Gasteiger partial charge in [-0.05, 0) is 26.2 Å². The summed E-state index contributed by atoms with van der Waals surface area (Å²) in [4.78, 5) is 33.1. The van der Waals surface area contributed by atoms with E-state index in [0.29, 0.717) is 52.9 Å². The Morgan fingerprint density at radius 3 is 1.19 bits per heavy atom. The van der Waals surface area contributed by atoms with Crippen molar-refractivity contribution < 1.29 is 33.3 Å². The molecule has 0 radical (unpaired) electrons. The Hall–Kier alpha value is -0.100. The second-order valence-electron chi connectivity index (χ2n) is 7.38. The molecule has 0 aromatic heterocycles. The number of hydrogen-bond acceptors (Lipinski definition) is 10. The van der Waals surface area contributed by atoms with Gasteiger partial charge in [0.1, 0.15) is 0 Å². The predicted molar refractivity (Wildman–Crippen MR) is 135 cm³/mol. The highest BCUT2D eigenvalue weighted by atomic mass is 32.2. The van der Waals surface area contributed by atoms with E-state index in [-0.39, 0.29) is 15.3 Å². The molecular formula is C22H40O7S3. The summed E-state index contributed by atoms with van der Waals surface area (Å²) in [5.74, 6) is 2.22. The molecule has 0 amide bonds. The van der Waals surface area contributed by atoms with E-state index in [2.05, 4.69) is 0 Å². The maximum Gasteiger partial charge on any atom is 0.185 e. The van der Waals surface area contributed by atoms with Gasteiger partial charge in [0.25, 0.3) is 0 Å². The van der Waals surface area contributed by atoms with Crippen molar-refractivity contribution >= 4 is 50.6 Å². The summed E-state index contributed by atoms with van der Waals surface area (Å²) in [5.41, 5.74) is -0.439. The molecule has 0 aliphatic rings. The third kappa shape index (κ3) is 20.5. The molecule has 0 unspecified atom stereocenters. The SMILES string of the molecule is CCOCC(COCCCSC(C)=O)(COCCCSC(C)=O)COCCCSC(C)=O. The molecule has 0 bridgehead atoms. The molecule has 0 spiro atoms. The van der Waals surface area contributed by atoms with Crippen molar-refractivity contribution in [1.82, 2.24) is 0 Å². The molecule has 7 nitrogen and oxygen atoms in total. The van der Waals surface area contributed by atoms with Crippen LogP contribution in [-0.4, -0.2) is 85.5 Å². The average Bonchev–Trinajstić information content (AvgIpc) is 2.73. The minimum absolute atomic E-state index is 0.114. The number of thioether (sulfide) groups is 3. The van der Waals surface area contributed by atoms with Gasteiger partial charge in [-0.1, -0.05) is 35.3 Å². The summed E-state index contributed by atoms with van der Waals surface area (Å²) in [6.07, 6.45) is 2.38. The molecule has 0 aliphatic heterocycles. The molecule has 0 atom stereocenters. The van der Waals surface area contributed by atoms with Gasteiger partial charge in [-0.15, -0.1) is 0 Å². The molecule has 0 rings (SSSR count). The Balaban J connectivity index is 4.65. The van der Waals surface area contributed by atoms with E-state index in [1.807, 2.05) is 6.92 Å². The molecule has 0 aromatic rings. The van der Waals surface area contributed by atoms with Crippen molar-refractivity contribution in [2.45, 2.75) is 47.0 Å². The minimum atomic E-state index is -0.439. The molecular weight excluding hydrogens is 472 g/mol. The number of carbonyl (C=O) groups is 3. The normalized spacial score (nSPS) is 11.6. The lowest BCUT2D eigenvalue weighted by Gasteiger charge is -2.33. The van der Waals surface area contributed by atoms with Crippen LogP contribution in [0.4, 0.5) is 0 Å². The molecule has 0 aliphatic carbocycles.